The number of benzene rings is 3. The number of sulfone groups is 1. The molecule has 1 aromatic heterocycles. The molecule has 4 aromatic rings. The molecule has 0 aliphatic rings. The number of anilines is 1. The standard InChI is InChI=1S/C24H22N4O3S2/c1-2-14-28-22(17-33(30,31)21-10-4-3-5-11-21)26-27-24(28)32-16-23(29)25-20-13-12-18-8-6-7-9-19(18)15-20/h2-13,15H,1,14,16-17H2,(H,25,29). The Morgan fingerprint density at radius 2 is 1.73 bits per heavy atom. The molecule has 1 heterocycles. The third-order valence-corrected chi connectivity index (χ3v) is 7.49. The van der Waals surface area contributed by atoms with E-state index >= 15 is 0 Å². The molecule has 0 radical (unpaired) electrons. The van der Waals surface area contributed by atoms with Crippen LogP contribution in [0.5, 0.6) is 0 Å². The first-order chi connectivity index (χ1) is 16.0. The fraction of sp³-hybridized carbons (Fsp3) is 0.125. The Labute approximate surface area is 196 Å². The monoisotopic (exact) mass is 478 g/mol. The summed E-state index contributed by atoms with van der Waals surface area (Å²) >= 11 is 1.20. The van der Waals surface area contributed by atoms with Gasteiger partial charge in [-0.15, -0.1) is 16.8 Å². The average Bonchev–Trinajstić information content (AvgIpc) is 3.19. The topological polar surface area (TPSA) is 93.9 Å². The number of hydrogen-bond donors (Lipinski definition) is 1. The van der Waals surface area contributed by atoms with Crippen LogP contribution in [-0.4, -0.2) is 34.8 Å². The number of rotatable bonds is 9. The number of nitrogens with one attached hydrogen (secondary N) is 1. The van der Waals surface area contributed by atoms with Gasteiger partial charge in [-0.3, -0.25) is 4.79 Å². The summed E-state index contributed by atoms with van der Waals surface area (Å²) in [6.07, 6.45) is 1.64. The van der Waals surface area contributed by atoms with E-state index in [9.17, 15) is 13.2 Å². The summed E-state index contributed by atoms with van der Waals surface area (Å²) in [5.41, 5.74) is 0.710. The van der Waals surface area contributed by atoms with Crippen molar-refractivity contribution in [2.75, 3.05) is 11.1 Å². The number of thioether (sulfide) groups is 1. The smallest absolute Gasteiger partial charge is 0.234 e. The fourth-order valence-electron chi connectivity index (χ4n) is 3.32. The zero-order chi connectivity index (χ0) is 23.3. The van der Waals surface area contributed by atoms with Crippen LogP contribution in [0.1, 0.15) is 5.82 Å². The minimum absolute atomic E-state index is 0.105. The predicted molar refractivity (Wildman–Crippen MR) is 131 cm³/mol. The van der Waals surface area contributed by atoms with Gasteiger partial charge in [0.15, 0.2) is 15.0 Å². The van der Waals surface area contributed by atoms with Gasteiger partial charge < -0.3 is 9.88 Å². The van der Waals surface area contributed by atoms with Crippen LogP contribution in [0.15, 0.2) is 95.5 Å². The molecule has 0 unspecified atom stereocenters. The van der Waals surface area contributed by atoms with E-state index in [0.29, 0.717) is 23.2 Å². The molecule has 3 aromatic carbocycles. The Morgan fingerprint density at radius 3 is 2.48 bits per heavy atom. The molecule has 0 bridgehead atoms. The highest BCUT2D eigenvalue weighted by Crippen LogP contribution is 2.22. The maximum absolute atomic E-state index is 12.8. The number of carbonyl (C=O) groups excluding carboxylic acids is 1. The number of fused-ring (bicyclic) bond motifs is 1. The second-order valence-corrected chi connectivity index (χ2v) is 10.2. The average molecular weight is 479 g/mol. The maximum Gasteiger partial charge on any atom is 0.234 e. The van der Waals surface area contributed by atoms with E-state index in [2.05, 4.69) is 22.1 Å². The largest absolute Gasteiger partial charge is 0.325 e. The Kier molecular flexibility index (Phi) is 6.90. The summed E-state index contributed by atoms with van der Waals surface area (Å²) in [4.78, 5) is 12.7. The van der Waals surface area contributed by atoms with Crippen LogP contribution in [0.25, 0.3) is 10.8 Å². The van der Waals surface area contributed by atoms with Crippen LogP contribution >= 0.6 is 11.8 Å². The van der Waals surface area contributed by atoms with E-state index in [4.69, 9.17) is 0 Å². The summed E-state index contributed by atoms with van der Waals surface area (Å²) < 4.78 is 27.2. The normalized spacial score (nSPS) is 11.4. The van der Waals surface area contributed by atoms with Gasteiger partial charge in [-0.25, -0.2) is 8.42 Å². The van der Waals surface area contributed by atoms with Crippen molar-refractivity contribution in [1.82, 2.24) is 14.8 Å². The molecule has 0 fully saturated rings. The second kappa shape index (κ2) is 10.0. The van der Waals surface area contributed by atoms with Crippen molar-refractivity contribution in [3.63, 3.8) is 0 Å². The van der Waals surface area contributed by atoms with Gasteiger partial charge in [-0.1, -0.05) is 66.4 Å². The minimum atomic E-state index is -3.58. The zero-order valence-corrected chi connectivity index (χ0v) is 19.3. The summed E-state index contributed by atoms with van der Waals surface area (Å²) in [6, 6.07) is 21.9. The Balaban J connectivity index is 1.45. The fourth-order valence-corrected chi connectivity index (χ4v) is 5.38. The van der Waals surface area contributed by atoms with Gasteiger partial charge in [0.25, 0.3) is 0 Å². The molecule has 0 atom stereocenters. The van der Waals surface area contributed by atoms with Gasteiger partial charge in [0.2, 0.25) is 5.91 Å². The molecular formula is C24H22N4O3S2. The van der Waals surface area contributed by atoms with E-state index in [1.54, 1.807) is 41.0 Å². The molecular weight excluding hydrogens is 456 g/mol. The van der Waals surface area contributed by atoms with Crippen LogP contribution in [0.2, 0.25) is 0 Å². The molecule has 1 N–H and O–H groups in total. The van der Waals surface area contributed by atoms with Crippen molar-refractivity contribution < 1.29 is 13.2 Å². The van der Waals surface area contributed by atoms with Crippen LogP contribution in [0.3, 0.4) is 0 Å². The highest BCUT2D eigenvalue weighted by atomic mass is 32.2. The lowest BCUT2D eigenvalue weighted by Crippen LogP contribution is -2.15. The number of amides is 1. The molecule has 0 aliphatic heterocycles. The van der Waals surface area contributed by atoms with Gasteiger partial charge >= 0.3 is 0 Å². The summed E-state index contributed by atoms with van der Waals surface area (Å²) in [5.74, 6) is -0.0759. The molecule has 4 rings (SSSR count). The van der Waals surface area contributed by atoms with E-state index < -0.39 is 9.84 Å². The number of carbonyl (C=O) groups is 1. The number of aromatic nitrogens is 3. The highest BCUT2D eigenvalue weighted by Gasteiger charge is 2.21. The van der Waals surface area contributed by atoms with Gasteiger partial charge in [0, 0.05) is 12.2 Å². The van der Waals surface area contributed by atoms with Crippen molar-refractivity contribution in [3.8, 4) is 0 Å². The summed E-state index contributed by atoms with van der Waals surface area (Å²) in [6.45, 7) is 4.07. The van der Waals surface area contributed by atoms with E-state index in [1.807, 2.05) is 42.5 Å². The lowest BCUT2D eigenvalue weighted by Gasteiger charge is -2.09. The van der Waals surface area contributed by atoms with E-state index in [1.165, 1.54) is 11.8 Å². The minimum Gasteiger partial charge on any atom is -0.325 e. The predicted octanol–water partition coefficient (Wildman–Crippen LogP) is 4.32. The second-order valence-electron chi connectivity index (χ2n) is 7.27. The molecule has 0 aliphatic carbocycles. The third-order valence-electron chi connectivity index (χ3n) is 4.89. The summed E-state index contributed by atoms with van der Waals surface area (Å²) in [5, 5.41) is 13.7. The number of allylic oxidation sites excluding steroid dienone is 1. The zero-order valence-electron chi connectivity index (χ0n) is 17.7. The van der Waals surface area contributed by atoms with Gasteiger partial charge in [-0.05, 0) is 35.0 Å². The molecule has 9 heteroatoms. The van der Waals surface area contributed by atoms with Crippen molar-refractivity contribution in [3.05, 3.63) is 91.3 Å². The van der Waals surface area contributed by atoms with Gasteiger partial charge in [0.05, 0.1) is 10.6 Å². The molecule has 7 nitrogen and oxygen atoms in total. The lowest BCUT2D eigenvalue weighted by atomic mass is 10.1. The number of hydrogen-bond acceptors (Lipinski definition) is 6. The molecule has 168 valence electrons. The van der Waals surface area contributed by atoms with Crippen molar-refractivity contribution in [1.29, 1.82) is 0 Å². The molecule has 0 spiro atoms. The van der Waals surface area contributed by atoms with Gasteiger partial charge in [-0.2, -0.15) is 0 Å². The SMILES string of the molecule is C=CCn1c(CS(=O)(=O)c2ccccc2)nnc1SCC(=O)Nc1ccc2ccccc2c1. The Hall–Kier alpha value is -3.43. The van der Waals surface area contributed by atoms with Crippen molar-refractivity contribution >= 4 is 44.0 Å². The molecule has 0 saturated carbocycles. The van der Waals surface area contributed by atoms with Gasteiger partial charge in [0.1, 0.15) is 11.6 Å². The Bertz CT molecular complexity index is 1400. The first-order valence-electron chi connectivity index (χ1n) is 10.2. The van der Waals surface area contributed by atoms with Crippen LogP contribution in [0.4, 0.5) is 5.69 Å². The van der Waals surface area contributed by atoms with Crippen molar-refractivity contribution in [2.45, 2.75) is 22.3 Å². The van der Waals surface area contributed by atoms with Crippen LogP contribution in [0, 0.1) is 0 Å². The first kappa shape index (κ1) is 22.8. The van der Waals surface area contributed by atoms with Crippen LogP contribution in [-0.2, 0) is 26.9 Å². The molecule has 0 saturated heterocycles. The summed E-state index contributed by atoms with van der Waals surface area (Å²) in [7, 11) is -3.58. The first-order valence-corrected chi connectivity index (χ1v) is 12.8. The van der Waals surface area contributed by atoms with E-state index in [-0.39, 0.29) is 22.3 Å². The maximum atomic E-state index is 12.8. The lowest BCUT2D eigenvalue weighted by molar-refractivity contribution is -0.113. The highest BCUT2D eigenvalue weighted by molar-refractivity contribution is 7.99. The molecule has 33 heavy (non-hydrogen) atoms. The van der Waals surface area contributed by atoms with Crippen LogP contribution < -0.4 is 5.32 Å². The van der Waals surface area contributed by atoms with Crippen molar-refractivity contribution in [2.24, 2.45) is 0 Å². The number of nitrogens with zero attached hydrogens (tertiary/aromatic N) is 3. The Morgan fingerprint density at radius 1 is 1.00 bits per heavy atom. The molecule has 1 amide bonds. The van der Waals surface area contributed by atoms with E-state index in [0.717, 1.165) is 10.8 Å². The quantitative estimate of drug-likeness (QED) is 0.284. The third kappa shape index (κ3) is 5.50.